The highest BCUT2D eigenvalue weighted by Gasteiger charge is 2.07. The Kier molecular flexibility index (Phi) is 3.62. The molecule has 72 valence electrons. The second-order valence-corrected chi connectivity index (χ2v) is 2.68. The van der Waals surface area contributed by atoms with E-state index in [1.165, 1.54) is 18.3 Å². The van der Waals surface area contributed by atoms with E-state index in [2.05, 4.69) is 4.98 Å². The van der Waals surface area contributed by atoms with Gasteiger partial charge in [-0.25, -0.2) is 9.78 Å². The van der Waals surface area contributed by atoms with Gasteiger partial charge in [-0.1, -0.05) is 6.92 Å². The normalized spacial score (nSPS) is 9.14. The van der Waals surface area contributed by atoms with E-state index in [0.717, 1.165) is 6.42 Å². The summed E-state index contributed by atoms with van der Waals surface area (Å²) in [5.74, 6) is -0.411. The van der Waals surface area contributed by atoms with Gasteiger partial charge in [-0.3, -0.25) is 0 Å². The van der Waals surface area contributed by atoms with Gasteiger partial charge in [0.05, 0.1) is 12.2 Å². The second-order valence-electron chi connectivity index (χ2n) is 2.68. The lowest BCUT2D eigenvalue weighted by molar-refractivity contribution is 0.0505. The van der Waals surface area contributed by atoms with Crippen molar-refractivity contribution in [2.45, 2.75) is 13.3 Å². The number of hydrogen-bond donors (Lipinski definition) is 0. The summed E-state index contributed by atoms with van der Waals surface area (Å²) in [6.07, 6.45) is 2.20. The zero-order valence-corrected chi connectivity index (χ0v) is 7.86. The monoisotopic (exact) mass is 190 g/mol. The molecule has 4 heteroatoms. The fourth-order valence-electron chi connectivity index (χ4n) is 0.897. The van der Waals surface area contributed by atoms with Crippen LogP contribution < -0.4 is 0 Å². The lowest BCUT2D eigenvalue weighted by atomic mass is 10.2. The van der Waals surface area contributed by atoms with Gasteiger partial charge < -0.3 is 4.74 Å². The van der Waals surface area contributed by atoms with Gasteiger partial charge in [-0.05, 0) is 18.6 Å². The van der Waals surface area contributed by atoms with E-state index < -0.39 is 5.97 Å². The Morgan fingerprint density at radius 1 is 1.71 bits per heavy atom. The zero-order valence-electron chi connectivity index (χ0n) is 7.86. The number of aromatic nitrogens is 1. The van der Waals surface area contributed by atoms with E-state index in [9.17, 15) is 4.79 Å². The highest BCUT2D eigenvalue weighted by Crippen LogP contribution is 2.03. The molecule has 0 aliphatic carbocycles. The Morgan fingerprint density at radius 3 is 3.14 bits per heavy atom. The van der Waals surface area contributed by atoms with Gasteiger partial charge in [0, 0.05) is 6.20 Å². The van der Waals surface area contributed by atoms with Crippen molar-refractivity contribution < 1.29 is 9.53 Å². The number of hydrogen-bond acceptors (Lipinski definition) is 4. The fraction of sp³-hybridized carbons (Fsp3) is 0.300. The van der Waals surface area contributed by atoms with E-state index in [1.807, 2.05) is 13.0 Å². The molecule has 1 aromatic heterocycles. The first-order valence-electron chi connectivity index (χ1n) is 4.31. The first kappa shape index (κ1) is 10.2. The van der Waals surface area contributed by atoms with Crippen LogP contribution in [0.5, 0.6) is 0 Å². The molecular formula is C10H10N2O2. The molecule has 0 N–H and O–H groups in total. The van der Waals surface area contributed by atoms with Crippen molar-refractivity contribution in [3.63, 3.8) is 0 Å². The van der Waals surface area contributed by atoms with Gasteiger partial charge in [-0.2, -0.15) is 5.26 Å². The number of rotatable bonds is 3. The lowest BCUT2D eigenvalue weighted by Gasteiger charge is -2.01. The minimum atomic E-state index is -0.411. The van der Waals surface area contributed by atoms with Crippen molar-refractivity contribution in [3.05, 3.63) is 29.6 Å². The largest absolute Gasteiger partial charge is 0.462 e. The van der Waals surface area contributed by atoms with Crippen molar-refractivity contribution in [2.24, 2.45) is 0 Å². The quantitative estimate of drug-likeness (QED) is 0.678. The van der Waals surface area contributed by atoms with Crippen molar-refractivity contribution in [1.29, 1.82) is 5.26 Å². The Hall–Kier alpha value is -1.89. The first-order chi connectivity index (χ1) is 6.77. The van der Waals surface area contributed by atoms with Gasteiger partial charge in [-0.15, -0.1) is 0 Å². The average Bonchev–Trinajstić information content (AvgIpc) is 2.26. The summed E-state index contributed by atoms with van der Waals surface area (Å²) in [4.78, 5) is 15.1. The molecule has 1 rings (SSSR count). The molecule has 4 nitrogen and oxygen atoms in total. The molecule has 0 fully saturated rings. The molecule has 0 spiro atoms. The predicted molar refractivity (Wildman–Crippen MR) is 49.5 cm³/mol. The molecule has 0 bridgehead atoms. The van der Waals surface area contributed by atoms with Crippen LogP contribution in [0, 0.1) is 11.3 Å². The summed E-state index contributed by atoms with van der Waals surface area (Å²) in [6, 6.07) is 4.80. The van der Waals surface area contributed by atoms with Crippen molar-refractivity contribution >= 4 is 5.97 Å². The SMILES string of the molecule is CCCOC(=O)c1ccnc(C#N)c1. The molecule has 0 atom stereocenters. The number of esters is 1. The molecule has 0 radical (unpaired) electrons. The van der Waals surface area contributed by atoms with Crippen LogP contribution in [0.2, 0.25) is 0 Å². The molecule has 0 saturated heterocycles. The molecule has 0 aliphatic rings. The number of pyridine rings is 1. The number of carbonyl (C=O) groups is 1. The summed E-state index contributed by atoms with van der Waals surface area (Å²) in [5, 5.41) is 8.56. The van der Waals surface area contributed by atoms with E-state index in [0.29, 0.717) is 12.2 Å². The number of nitriles is 1. The van der Waals surface area contributed by atoms with Crippen LogP contribution in [-0.2, 0) is 4.74 Å². The molecule has 1 heterocycles. The Morgan fingerprint density at radius 2 is 2.50 bits per heavy atom. The number of carbonyl (C=O) groups excluding carboxylic acids is 1. The molecule has 0 unspecified atom stereocenters. The van der Waals surface area contributed by atoms with Gasteiger partial charge in [0.1, 0.15) is 11.8 Å². The maximum atomic E-state index is 11.3. The Bertz CT molecular complexity index is 369. The van der Waals surface area contributed by atoms with Crippen LogP contribution >= 0.6 is 0 Å². The average molecular weight is 190 g/mol. The van der Waals surface area contributed by atoms with Crippen LogP contribution in [0.4, 0.5) is 0 Å². The minimum absolute atomic E-state index is 0.218. The molecule has 0 aliphatic heterocycles. The van der Waals surface area contributed by atoms with Crippen LogP contribution in [0.15, 0.2) is 18.3 Å². The minimum Gasteiger partial charge on any atom is -0.462 e. The van der Waals surface area contributed by atoms with Gasteiger partial charge >= 0.3 is 5.97 Å². The Balaban J connectivity index is 2.75. The third-order valence-corrected chi connectivity index (χ3v) is 1.55. The van der Waals surface area contributed by atoms with Crippen LogP contribution in [0.3, 0.4) is 0 Å². The van der Waals surface area contributed by atoms with E-state index in [1.54, 1.807) is 0 Å². The third kappa shape index (κ3) is 2.56. The third-order valence-electron chi connectivity index (χ3n) is 1.55. The first-order valence-corrected chi connectivity index (χ1v) is 4.31. The molecule has 0 aromatic carbocycles. The standard InChI is InChI=1S/C10H10N2O2/c1-2-5-14-10(13)8-3-4-12-9(6-8)7-11/h3-4,6H,2,5H2,1H3. The van der Waals surface area contributed by atoms with Crippen LogP contribution in [0.25, 0.3) is 0 Å². The smallest absolute Gasteiger partial charge is 0.338 e. The summed E-state index contributed by atoms with van der Waals surface area (Å²) >= 11 is 0. The van der Waals surface area contributed by atoms with Crippen LogP contribution in [0.1, 0.15) is 29.4 Å². The predicted octanol–water partition coefficient (Wildman–Crippen LogP) is 1.52. The number of nitrogens with zero attached hydrogens (tertiary/aromatic N) is 2. The summed E-state index contributed by atoms with van der Waals surface area (Å²) < 4.78 is 4.90. The highest BCUT2D eigenvalue weighted by atomic mass is 16.5. The molecule has 0 amide bonds. The molecule has 14 heavy (non-hydrogen) atoms. The molecule has 1 aromatic rings. The van der Waals surface area contributed by atoms with E-state index in [4.69, 9.17) is 10.00 Å². The number of ether oxygens (including phenoxy) is 1. The maximum absolute atomic E-state index is 11.3. The van der Waals surface area contributed by atoms with Gasteiger partial charge in [0.25, 0.3) is 0 Å². The topological polar surface area (TPSA) is 63.0 Å². The molecule has 0 saturated carbocycles. The summed E-state index contributed by atoms with van der Waals surface area (Å²) in [7, 11) is 0. The molecular weight excluding hydrogens is 180 g/mol. The van der Waals surface area contributed by atoms with E-state index in [-0.39, 0.29) is 5.69 Å². The van der Waals surface area contributed by atoms with E-state index >= 15 is 0 Å². The van der Waals surface area contributed by atoms with Crippen molar-refractivity contribution in [2.75, 3.05) is 6.61 Å². The van der Waals surface area contributed by atoms with Crippen molar-refractivity contribution in [1.82, 2.24) is 4.98 Å². The maximum Gasteiger partial charge on any atom is 0.338 e. The van der Waals surface area contributed by atoms with Gasteiger partial charge in [0.2, 0.25) is 0 Å². The lowest BCUT2D eigenvalue weighted by Crippen LogP contribution is -2.06. The highest BCUT2D eigenvalue weighted by molar-refractivity contribution is 5.89. The van der Waals surface area contributed by atoms with Gasteiger partial charge in [0.15, 0.2) is 0 Å². The van der Waals surface area contributed by atoms with Crippen LogP contribution in [-0.4, -0.2) is 17.6 Å². The second kappa shape index (κ2) is 4.97. The summed E-state index contributed by atoms with van der Waals surface area (Å²) in [5.41, 5.74) is 0.584. The summed E-state index contributed by atoms with van der Waals surface area (Å²) in [6.45, 7) is 2.31. The van der Waals surface area contributed by atoms with Crippen molar-refractivity contribution in [3.8, 4) is 6.07 Å². The zero-order chi connectivity index (χ0) is 10.4. The Labute approximate surface area is 82.1 Å². The fourth-order valence-corrected chi connectivity index (χ4v) is 0.897.